The van der Waals surface area contributed by atoms with Crippen LogP contribution in [0.3, 0.4) is 0 Å². The van der Waals surface area contributed by atoms with Crippen LogP contribution in [0.1, 0.15) is 13.8 Å². The van der Waals surface area contributed by atoms with Crippen LogP contribution in [0.15, 0.2) is 11.1 Å². The normalized spacial score (nSPS) is 9.44. The second kappa shape index (κ2) is 3.33. The highest BCUT2D eigenvalue weighted by atomic mass is 19.3. The smallest absolute Gasteiger partial charge is 0.265 e. The third kappa shape index (κ3) is 2.35. The predicted octanol–water partition coefficient (Wildman–Crippen LogP) is 2.24. The monoisotopic (exact) mass is 133 g/mol. The Labute approximate surface area is 52.9 Å². The molecule has 0 unspecified atom stereocenters. The Morgan fingerprint density at radius 3 is 1.89 bits per heavy atom. The molecule has 52 valence electrons. The number of nitrogens with one attached hydrogen (secondary N) is 1. The minimum Gasteiger partial charge on any atom is -0.308 e. The molecular formula is C6H9F2N. The zero-order chi connectivity index (χ0) is 7.44. The summed E-state index contributed by atoms with van der Waals surface area (Å²) in [6.45, 7) is 3.12. The van der Waals surface area contributed by atoms with Crippen LogP contribution >= 0.6 is 0 Å². The lowest BCUT2D eigenvalue weighted by atomic mass is 10.2. The number of allylic oxidation sites excluding steroid dienone is 2. The van der Waals surface area contributed by atoms with Crippen molar-refractivity contribution in [2.24, 2.45) is 0 Å². The van der Waals surface area contributed by atoms with Gasteiger partial charge in [0.25, 0.3) is 6.43 Å². The molecule has 0 amide bonds. The minimum absolute atomic E-state index is 0.185. The van der Waals surface area contributed by atoms with Crippen molar-refractivity contribution in [3.05, 3.63) is 11.1 Å². The number of hydrogen-bond donors (Lipinski definition) is 1. The Morgan fingerprint density at radius 1 is 1.44 bits per heavy atom. The van der Waals surface area contributed by atoms with E-state index >= 15 is 0 Å². The SMILES string of the molecule is CC(C)=C(C=N)C(F)F. The Balaban J connectivity index is 4.34. The minimum atomic E-state index is -2.51. The zero-order valence-electron chi connectivity index (χ0n) is 5.41. The summed E-state index contributed by atoms with van der Waals surface area (Å²) in [4.78, 5) is 0. The Morgan fingerprint density at radius 2 is 1.89 bits per heavy atom. The van der Waals surface area contributed by atoms with Crippen LogP contribution in [-0.4, -0.2) is 12.6 Å². The van der Waals surface area contributed by atoms with Gasteiger partial charge in [-0.05, 0) is 13.8 Å². The average molecular weight is 133 g/mol. The van der Waals surface area contributed by atoms with Gasteiger partial charge in [0.05, 0.1) is 0 Å². The molecule has 0 saturated carbocycles. The van der Waals surface area contributed by atoms with Crippen molar-refractivity contribution in [2.45, 2.75) is 20.3 Å². The topological polar surface area (TPSA) is 23.9 Å². The highest BCUT2D eigenvalue weighted by Crippen LogP contribution is 2.09. The van der Waals surface area contributed by atoms with E-state index in [1.807, 2.05) is 0 Å². The Kier molecular flexibility index (Phi) is 3.06. The van der Waals surface area contributed by atoms with Crippen molar-refractivity contribution in [2.75, 3.05) is 0 Å². The molecule has 0 aliphatic carbocycles. The molecule has 0 spiro atoms. The molecule has 0 fully saturated rings. The first-order valence-corrected chi connectivity index (χ1v) is 2.55. The number of alkyl halides is 2. The molecule has 0 aliphatic rings. The number of hydrogen-bond acceptors (Lipinski definition) is 1. The molecule has 0 saturated heterocycles. The van der Waals surface area contributed by atoms with Crippen molar-refractivity contribution >= 4 is 6.21 Å². The van der Waals surface area contributed by atoms with Crippen molar-refractivity contribution in [1.82, 2.24) is 0 Å². The first-order valence-electron chi connectivity index (χ1n) is 2.55. The van der Waals surface area contributed by atoms with Crippen molar-refractivity contribution in [1.29, 1.82) is 5.41 Å². The fraction of sp³-hybridized carbons (Fsp3) is 0.500. The van der Waals surface area contributed by atoms with E-state index in [9.17, 15) is 8.78 Å². The van der Waals surface area contributed by atoms with E-state index in [-0.39, 0.29) is 5.57 Å². The van der Waals surface area contributed by atoms with E-state index in [0.29, 0.717) is 11.8 Å². The molecule has 0 atom stereocenters. The first kappa shape index (κ1) is 8.27. The summed E-state index contributed by atoms with van der Waals surface area (Å²) in [5.74, 6) is 0. The third-order valence-electron chi connectivity index (χ3n) is 0.968. The van der Waals surface area contributed by atoms with Crippen LogP contribution in [0.4, 0.5) is 8.78 Å². The third-order valence-corrected chi connectivity index (χ3v) is 0.968. The van der Waals surface area contributed by atoms with Crippen LogP contribution in [0.25, 0.3) is 0 Å². The molecule has 0 heterocycles. The molecule has 0 aromatic carbocycles. The van der Waals surface area contributed by atoms with Crippen molar-refractivity contribution < 1.29 is 8.78 Å². The molecule has 1 nitrogen and oxygen atoms in total. The summed E-state index contributed by atoms with van der Waals surface area (Å²) in [7, 11) is 0. The molecule has 0 radical (unpaired) electrons. The van der Waals surface area contributed by atoms with E-state index in [4.69, 9.17) is 5.41 Å². The van der Waals surface area contributed by atoms with Gasteiger partial charge in [-0.25, -0.2) is 8.78 Å². The number of halogens is 2. The van der Waals surface area contributed by atoms with Gasteiger partial charge in [-0.1, -0.05) is 5.57 Å². The van der Waals surface area contributed by atoms with Crippen LogP contribution < -0.4 is 0 Å². The predicted molar refractivity (Wildman–Crippen MR) is 33.2 cm³/mol. The maximum atomic E-state index is 11.7. The Hall–Kier alpha value is -0.730. The first-order chi connectivity index (χ1) is 4.09. The average Bonchev–Trinajstić information content (AvgIpc) is 1.64. The van der Waals surface area contributed by atoms with Gasteiger partial charge in [-0.3, -0.25) is 0 Å². The van der Waals surface area contributed by atoms with E-state index in [2.05, 4.69) is 0 Å². The molecule has 3 heteroatoms. The number of rotatable bonds is 2. The van der Waals surface area contributed by atoms with Gasteiger partial charge in [-0.2, -0.15) is 0 Å². The molecule has 1 N–H and O–H groups in total. The van der Waals surface area contributed by atoms with Gasteiger partial charge in [-0.15, -0.1) is 0 Å². The molecule has 0 aromatic rings. The summed E-state index contributed by atoms with van der Waals surface area (Å²) in [6.07, 6.45) is -1.81. The second-order valence-electron chi connectivity index (χ2n) is 1.90. The maximum Gasteiger partial charge on any atom is 0.265 e. The van der Waals surface area contributed by atoms with E-state index in [1.54, 1.807) is 13.8 Å². The summed E-state index contributed by atoms with van der Waals surface area (Å²) < 4.78 is 23.5. The lowest BCUT2D eigenvalue weighted by Gasteiger charge is -1.99. The zero-order valence-corrected chi connectivity index (χ0v) is 5.41. The summed E-state index contributed by atoms with van der Waals surface area (Å²) in [6, 6.07) is 0. The van der Waals surface area contributed by atoms with Gasteiger partial charge < -0.3 is 5.41 Å². The van der Waals surface area contributed by atoms with Crippen molar-refractivity contribution in [3.8, 4) is 0 Å². The van der Waals surface area contributed by atoms with Gasteiger partial charge in [0.2, 0.25) is 0 Å². The second-order valence-corrected chi connectivity index (χ2v) is 1.90. The maximum absolute atomic E-state index is 11.7. The van der Waals surface area contributed by atoms with E-state index in [1.165, 1.54) is 0 Å². The van der Waals surface area contributed by atoms with Gasteiger partial charge >= 0.3 is 0 Å². The largest absolute Gasteiger partial charge is 0.308 e. The van der Waals surface area contributed by atoms with E-state index in [0.717, 1.165) is 0 Å². The quantitative estimate of drug-likeness (QED) is 0.558. The van der Waals surface area contributed by atoms with Gasteiger partial charge in [0, 0.05) is 11.8 Å². The molecule has 9 heavy (non-hydrogen) atoms. The Bertz CT molecular complexity index is 134. The molecule has 0 rings (SSSR count). The van der Waals surface area contributed by atoms with Crippen LogP contribution in [0.2, 0.25) is 0 Å². The fourth-order valence-corrected chi connectivity index (χ4v) is 0.426. The molecule has 0 bridgehead atoms. The van der Waals surface area contributed by atoms with Crippen LogP contribution in [0.5, 0.6) is 0 Å². The van der Waals surface area contributed by atoms with Crippen LogP contribution in [-0.2, 0) is 0 Å². The lowest BCUT2D eigenvalue weighted by Crippen LogP contribution is -1.99. The summed E-state index contributed by atoms with van der Waals surface area (Å²) in [5.41, 5.74) is 0.315. The van der Waals surface area contributed by atoms with Crippen molar-refractivity contribution in [3.63, 3.8) is 0 Å². The summed E-state index contributed by atoms with van der Waals surface area (Å²) >= 11 is 0. The van der Waals surface area contributed by atoms with Crippen LogP contribution in [0, 0.1) is 5.41 Å². The highest BCUT2D eigenvalue weighted by molar-refractivity contribution is 5.77. The van der Waals surface area contributed by atoms with E-state index < -0.39 is 6.43 Å². The fourth-order valence-electron chi connectivity index (χ4n) is 0.426. The molecular weight excluding hydrogens is 124 g/mol. The molecule has 0 aliphatic heterocycles. The molecule has 0 aromatic heterocycles. The highest BCUT2D eigenvalue weighted by Gasteiger charge is 2.08. The van der Waals surface area contributed by atoms with Gasteiger partial charge in [0.1, 0.15) is 0 Å². The summed E-state index contributed by atoms with van der Waals surface area (Å²) in [5, 5.41) is 6.56. The standard InChI is InChI=1S/C6H9F2N/c1-4(2)5(3-9)6(7)8/h3,6,9H,1-2H3. The lowest BCUT2D eigenvalue weighted by molar-refractivity contribution is 0.196. The van der Waals surface area contributed by atoms with Gasteiger partial charge in [0.15, 0.2) is 0 Å².